The molecule has 7 aromatic carbocycles. The number of hydrogen-bond acceptors (Lipinski definition) is 5. The van der Waals surface area contributed by atoms with E-state index in [0.29, 0.717) is 17.5 Å². The molecule has 0 bridgehead atoms. The summed E-state index contributed by atoms with van der Waals surface area (Å²) in [6.07, 6.45) is 0. The summed E-state index contributed by atoms with van der Waals surface area (Å²) in [6.45, 7) is 0. The van der Waals surface area contributed by atoms with Gasteiger partial charge in [0.05, 0.1) is 0 Å². The van der Waals surface area contributed by atoms with Crippen molar-refractivity contribution in [2.45, 2.75) is 0 Å². The summed E-state index contributed by atoms with van der Waals surface area (Å²) < 4.78 is 12.9. The third kappa shape index (κ3) is 4.22. The fourth-order valence-corrected chi connectivity index (χ4v) is 6.84. The Morgan fingerprint density at radius 3 is 1.69 bits per heavy atom. The van der Waals surface area contributed by atoms with Gasteiger partial charge in [-0.25, -0.2) is 15.0 Å². The highest BCUT2D eigenvalue weighted by Crippen LogP contribution is 2.44. The standard InChI is InChI=1S/C43H25N3O2/c1-3-11-26(12-4-1)41-44-42(27-13-5-2-6-14-27)46-43(45-41)40-31(30-19-20-33-32-17-9-10-18-35(32)47-37(33)25-30)21-22-36-39(40)34-23-28-15-7-8-16-29(28)24-38(34)48-36/h1-25H. The lowest BCUT2D eigenvalue weighted by molar-refractivity contribution is 0.669. The van der Waals surface area contributed by atoms with E-state index in [4.69, 9.17) is 23.8 Å². The average Bonchev–Trinajstić information content (AvgIpc) is 3.71. The highest BCUT2D eigenvalue weighted by atomic mass is 16.3. The van der Waals surface area contributed by atoms with Crippen molar-refractivity contribution in [1.82, 2.24) is 15.0 Å². The van der Waals surface area contributed by atoms with Crippen molar-refractivity contribution in [3.63, 3.8) is 0 Å². The number of rotatable bonds is 4. The van der Waals surface area contributed by atoms with E-state index in [-0.39, 0.29) is 0 Å². The second kappa shape index (κ2) is 10.5. The van der Waals surface area contributed by atoms with Crippen LogP contribution < -0.4 is 0 Å². The van der Waals surface area contributed by atoms with Gasteiger partial charge >= 0.3 is 0 Å². The number of nitrogens with zero attached hydrogens (tertiary/aromatic N) is 3. The second-order valence-corrected chi connectivity index (χ2v) is 12.0. The number of benzene rings is 7. The van der Waals surface area contributed by atoms with Crippen LogP contribution in [0.2, 0.25) is 0 Å². The Morgan fingerprint density at radius 2 is 0.938 bits per heavy atom. The van der Waals surface area contributed by atoms with Gasteiger partial charge in [0.15, 0.2) is 17.5 Å². The van der Waals surface area contributed by atoms with E-state index in [2.05, 4.69) is 72.8 Å². The van der Waals surface area contributed by atoms with Crippen LogP contribution >= 0.6 is 0 Å². The Labute approximate surface area is 274 Å². The summed E-state index contributed by atoms with van der Waals surface area (Å²) in [5.74, 6) is 1.78. The molecule has 5 nitrogen and oxygen atoms in total. The van der Waals surface area contributed by atoms with Crippen molar-refractivity contribution in [3.8, 4) is 45.3 Å². The average molecular weight is 616 g/mol. The lowest BCUT2D eigenvalue weighted by Crippen LogP contribution is -2.01. The highest BCUT2D eigenvalue weighted by molar-refractivity contribution is 6.18. The number of para-hydroxylation sites is 1. The molecule has 0 radical (unpaired) electrons. The minimum Gasteiger partial charge on any atom is -0.456 e. The van der Waals surface area contributed by atoms with Crippen LogP contribution in [-0.4, -0.2) is 15.0 Å². The maximum Gasteiger partial charge on any atom is 0.165 e. The molecule has 48 heavy (non-hydrogen) atoms. The van der Waals surface area contributed by atoms with Gasteiger partial charge in [-0.1, -0.05) is 109 Å². The summed E-state index contributed by atoms with van der Waals surface area (Å²) in [5.41, 5.74) is 7.97. The molecule has 0 fully saturated rings. The first-order valence-electron chi connectivity index (χ1n) is 15.9. The Bertz CT molecular complexity index is 2780. The lowest BCUT2D eigenvalue weighted by atomic mass is 9.93. The van der Waals surface area contributed by atoms with Crippen molar-refractivity contribution in [3.05, 3.63) is 152 Å². The van der Waals surface area contributed by atoms with Crippen LogP contribution in [0.3, 0.4) is 0 Å². The van der Waals surface area contributed by atoms with E-state index >= 15 is 0 Å². The van der Waals surface area contributed by atoms with E-state index in [1.165, 1.54) is 0 Å². The summed E-state index contributed by atoms with van der Waals surface area (Å²) in [5, 5.41) is 6.41. The molecule has 3 heterocycles. The molecule has 0 amide bonds. The van der Waals surface area contributed by atoms with Crippen LogP contribution in [0.15, 0.2) is 160 Å². The van der Waals surface area contributed by atoms with Crippen LogP contribution in [0, 0.1) is 0 Å². The molecule has 10 aromatic rings. The van der Waals surface area contributed by atoms with E-state index in [0.717, 1.165) is 82.5 Å². The fraction of sp³-hybridized carbons (Fsp3) is 0. The fourth-order valence-electron chi connectivity index (χ4n) is 6.84. The largest absolute Gasteiger partial charge is 0.456 e. The van der Waals surface area contributed by atoms with Gasteiger partial charge in [-0.2, -0.15) is 0 Å². The monoisotopic (exact) mass is 615 g/mol. The predicted octanol–water partition coefficient (Wildman–Crippen LogP) is 11.5. The molecular weight excluding hydrogens is 590 g/mol. The Morgan fingerprint density at radius 1 is 0.354 bits per heavy atom. The molecule has 3 aromatic heterocycles. The molecular formula is C43H25N3O2. The first-order valence-corrected chi connectivity index (χ1v) is 15.9. The minimum atomic E-state index is 0.573. The summed E-state index contributed by atoms with van der Waals surface area (Å²) >= 11 is 0. The smallest absolute Gasteiger partial charge is 0.165 e. The van der Waals surface area contributed by atoms with Crippen molar-refractivity contribution >= 4 is 54.6 Å². The van der Waals surface area contributed by atoms with Gasteiger partial charge in [0.2, 0.25) is 0 Å². The molecule has 0 aliphatic heterocycles. The van der Waals surface area contributed by atoms with E-state index in [9.17, 15) is 0 Å². The highest BCUT2D eigenvalue weighted by Gasteiger charge is 2.23. The van der Waals surface area contributed by atoms with Gasteiger partial charge in [-0.05, 0) is 64.4 Å². The third-order valence-electron chi connectivity index (χ3n) is 9.12. The zero-order valence-electron chi connectivity index (χ0n) is 25.6. The topological polar surface area (TPSA) is 65.0 Å². The molecule has 224 valence electrons. The SMILES string of the molecule is c1ccc(-c2nc(-c3ccccc3)nc(-c3c(-c4ccc5c(c4)oc4ccccc45)ccc4oc5cc6ccccc6cc5c34)n2)cc1. The first-order chi connectivity index (χ1) is 23.8. The van der Waals surface area contributed by atoms with Crippen LogP contribution in [0.25, 0.3) is 99.9 Å². The van der Waals surface area contributed by atoms with Gasteiger partial charge in [-0.3, -0.25) is 0 Å². The van der Waals surface area contributed by atoms with Gasteiger partial charge in [-0.15, -0.1) is 0 Å². The molecule has 0 atom stereocenters. The quantitative estimate of drug-likeness (QED) is 0.197. The molecule has 0 N–H and O–H groups in total. The van der Waals surface area contributed by atoms with Crippen LogP contribution in [0.5, 0.6) is 0 Å². The van der Waals surface area contributed by atoms with Crippen LogP contribution in [-0.2, 0) is 0 Å². The molecule has 0 unspecified atom stereocenters. The van der Waals surface area contributed by atoms with Crippen LogP contribution in [0.1, 0.15) is 0 Å². The molecule has 0 aliphatic rings. The number of aromatic nitrogens is 3. The molecule has 0 spiro atoms. The second-order valence-electron chi connectivity index (χ2n) is 12.0. The molecule has 0 aliphatic carbocycles. The molecule has 10 rings (SSSR count). The van der Waals surface area contributed by atoms with Crippen LogP contribution in [0.4, 0.5) is 0 Å². The number of hydrogen-bond donors (Lipinski definition) is 0. The third-order valence-corrected chi connectivity index (χ3v) is 9.12. The minimum absolute atomic E-state index is 0.573. The van der Waals surface area contributed by atoms with Crippen molar-refractivity contribution in [1.29, 1.82) is 0 Å². The molecule has 0 saturated heterocycles. The maximum absolute atomic E-state index is 6.56. The van der Waals surface area contributed by atoms with Gasteiger partial charge in [0.25, 0.3) is 0 Å². The van der Waals surface area contributed by atoms with E-state index < -0.39 is 0 Å². The summed E-state index contributed by atoms with van der Waals surface area (Å²) in [4.78, 5) is 15.4. The number of fused-ring (bicyclic) bond motifs is 7. The van der Waals surface area contributed by atoms with Gasteiger partial charge in [0, 0.05) is 38.2 Å². The Hall–Kier alpha value is -6.59. The first kappa shape index (κ1) is 26.6. The van der Waals surface area contributed by atoms with Gasteiger partial charge in [0.1, 0.15) is 22.3 Å². The van der Waals surface area contributed by atoms with E-state index in [1.54, 1.807) is 0 Å². The van der Waals surface area contributed by atoms with Crippen molar-refractivity contribution < 1.29 is 8.83 Å². The number of furan rings is 2. The zero-order valence-corrected chi connectivity index (χ0v) is 25.6. The van der Waals surface area contributed by atoms with Crippen molar-refractivity contribution in [2.24, 2.45) is 0 Å². The Balaban J connectivity index is 1.32. The Kier molecular flexibility index (Phi) is 5.81. The maximum atomic E-state index is 6.56. The normalized spacial score (nSPS) is 11.8. The zero-order chi connectivity index (χ0) is 31.6. The lowest BCUT2D eigenvalue weighted by Gasteiger charge is -2.13. The summed E-state index contributed by atoms with van der Waals surface area (Å²) in [7, 11) is 0. The molecule has 5 heteroatoms. The predicted molar refractivity (Wildman–Crippen MR) is 194 cm³/mol. The van der Waals surface area contributed by atoms with Gasteiger partial charge < -0.3 is 8.83 Å². The molecule has 0 saturated carbocycles. The van der Waals surface area contributed by atoms with Crippen molar-refractivity contribution in [2.75, 3.05) is 0 Å². The van der Waals surface area contributed by atoms with E-state index in [1.807, 2.05) is 78.9 Å². The summed E-state index contributed by atoms with van der Waals surface area (Å²) in [6, 6.07) is 51.6.